The van der Waals surface area contributed by atoms with Crippen molar-refractivity contribution in [3.8, 4) is 0 Å². The number of carbonyl (C=O) groups is 2. The Bertz CT molecular complexity index is 1170. The number of hydrogen-bond donors (Lipinski definition) is 0. The minimum absolute atomic E-state index is 0. The van der Waals surface area contributed by atoms with Crippen molar-refractivity contribution in [2.45, 2.75) is 37.4 Å². The Labute approximate surface area is 282 Å². The molecule has 17 heteroatoms. The van der Waals surface area contributed by atoms with E-state index in [0.29, 0.717) is 50.4 Å². The van der Waals surface area contributed by atoms with Crippen LogP contribution in [0.5, 0.6) is 0 Å². The molecule has 2 atom stereocenters. The molecule has 0 bridgehead atoms. The van der Waals surface area contributed by atoms with Crippen molar-refractivity contribution in [3.63, 3.8) is 0 Å². The number of carbonyl (C=O) groups excluding carboxylic acids is 2. The first-order valence-corrected chi connectivity index (χ1v) is 13.2. The predicted octanol–water partition coefficient (Wildman–Crippen LogP) is 3.03. The molecule has 0 aliphatic carbocycles. The van der Waals surface area contributed by atoms with Gasteiger partial charge in [0, 0.05) is 37.6 Å². The number of ether oxygens (including phenoxy) is 2. The fourth-order valence-corrected chi connectivity index (χ4v) is 4.87. The number of hydrogen-bond acceptors (Lipinski definition) is 8. The monoisotopic (exact) mass is 684 g/mol. The van der Waals surface area contributed by atoms with Crippen LogP contribution in [0.15, 0.2) is 36.4 Å². The van der Waals surface area contributed by atoms with Crippen molar-refractivity contribution in [2.24, 2.45) is 0 Å². The van der Waals surface area contributed by atoms with Crippen molar-refractivity contribution >= 4 is 84.3 Å². The molecule has 2 saturated heterocycles. The molecule has 2 aliphatic rings. The summed E-state index contributed by atoms with van der Waals surface area (Å²) in [5, 5.41) is 19.9. The number of alkyl halides is 6. The van der Waals surface area contributed by atoms with Crippen molar-refractivity contribution in [1.82, 2.24) is 0 Å². The number of aliphatic carboxylic acids is 2. The van der Waals surface area contributed by atoms with Gasteiger partial charge in [-0.2, -0.15) is 26.3 Å². The van der Waals surface area contributed by atoms with Crippen LogP contribution in [-0.4, -0.2) is 101 Å². The molecular weight excluding hydrogens is 661 g/mol. The van der Waals surface area contributed by atoms with Crippen LogP contribution in [0.3, 0.4) is 0 Å². The molecule has 2 fully saturated rings. The van der Waals surface area contributed by atoms with Gasteiger partial charge in [-0.25, -0.2) is 0 Å². The molecule has 43 heavy (non-hydrogen) atoms. The number of halogens is 8. The fraction of sp³-hybridized carbons (Fsp3) is 0.462. The number of nitrogens with zero attached hydrogens (tertiary/aromatic N) is 2. The molecule has 232 valence electrons. The van der Waals surface area contributed by atoms with Crippen LogP contribution in [0.4, 0.5) is 37.7 Å². The minimum Gasteiger partial charge on any atom is -0.548 e. The molecule has 2 aliphatic heterocycles. The number of benzene rings is 2. The summed E-state index contributed by atoms with van der Waals surface area (Å²) >= 11 is 11.1. The van der Waals surface area contributed by atoms with E-state index in [1.54, 1.807) is 9.80 Å². The van der Waals surface area contributed by atoms with Crippen LogP contribution in [0.1, 0.15) is 24.0 Å². The Morgan fingerprint density at radius 2 is 1.09 bits per heavy atom. The summed E-state index contributed by atoms with van der Waals surface area (Å²) in [7, 11) is 0. The van der Waals surface area contributed by atoms with Crippen LogP contribution >= 0.6 is 23.2 Å². The fourth-order valence-electron chi connectivity index (χ4n) is 4.42. The van der Waals surface area contributed by atoms with E-state index in [1.807, 2.05) is 0 Å². The molecule has 8 nitrogen and oxygen atoms in total. The Kier molecular flexibility index (Phi) is 14.0. The van der Waals surface area contributed by atoms with Gasteiger partial charge in [-0.3, -0.25) is 0 Å². The summed E-state index contributed by atoms with van der Waals surface area (Å²) in [6, 6.07) is 7.38. The predicted molar refractivity (Wildman–Crippen MR) is 142 cm³/mol. The molecule has 4 rings (SSSR count). The topological polar surface area (TPSA) is 105 Å². The van der Waals surface area contributed by atoms with E-state index < -0.39 is 48.6 Å². The maximum atomic E-state index is 12.8. The number of rotatable bonds is 8. The third-order valence-electron chi connectivity index (χ3n) is 6.40. The van der Waals surface area contributed by atoms with Gasteiger partial charge in [0.05, 0.1) is 58.5 Å². The van der Waals surface area contributed by atoms with Gasteiger partial charge in [0.1, 0.15) is 0 Å². The van der Waals surface area contributed by atoms with E-state index in [1.165, 1.54) is 24.3 Å². The Morgan fingerprint density at radius 1 is 0.744 bits per heavy atom. The van der Waals surface area contributed by atoms with Gasteiger partial charge in [-0.1, -0.05) is 23.2 Å². The molecular formula is C26H24CaCl2F6N2O6. The van der Waals surface area contributed by atoms with E-state index in [9.17, 15) is 46.1 Å². The Balaban J connectivity index is 0.000000293. The van der Waals surface area contributed by atoms with Gasteiger partial charge in [-0.15, -0.1) is 0 Å². The first kappa shape index (κ1) is 37.5. The summed E-state index contributed by atoms with van der Waals surface area (Å²) in [6.45, 7) is 0.575. The second kappa shape index (κ2) is 16.1. The molecule has 0 amide bonds. The van der Waals surface area contributed by atoms with Crippen LogP contribution in [0.2, 0.25) is 10.0 Å². The second-order valence-corrected chi connectivity index (χ2v) is 10.2. The van der Waals surface area contributed by atoms with Gasteiger partial charge in [-0.05, 0) is 49.2 Å². The zero-order chi connectivity index (χ0) is 31.2. The molecule has 2 heterocycles. The van der Waals surface area contributed by atoms with Gasteiger partial charge in [0.2, 0.25) is 0 Å². The SMILES string of the molecule is O=C([O-])COC1CCN(c2ccc(Cl)c(C(F)(F)F)c2)C1.O=C([O-])COC1CCN(c2ccc(Cl)c(C(F)(F)F)c2)C1.[Ca+2]. The molecule has 0 radical (unpaired) electrons. The van der Waals surface area contributed by atoms with Crippen molar-refractivity contribution in [3.05, 3.63) is 57.6 Å². The molecule has 2 aromatic carbocycles. The Morgan fingerprint density at radius 3 is 1.40 bits per heavy atom. The van der Waals surface area contributed by atoms with Gasteiger partial charge < -0.3 is 39.1 Å². The van der Waals surface area contributed by atoms with E-state index in [4.69, 9.17) is 32.7 Å². The largest absolute Gasteiger partial charge is 2.00 e. The molecule has 0 N–H and O–H groups in total. The number of carboxylic acid groups (broad SMARTS) is 2. The molecule has 2 aromatic rings. The summed E-state index contributed by atoms with van der Waals surface area (Å²) in [4.78, 5) is 24.0. The molecule has 2 unspecified atom stereocenters. The number of carboxylic acids is 2. The first-order chi connectivity index (χ1) is 19.5. The maximum Gasteiger partial charge on any atom is 2.00 e. The van der Waals surface area contributed by atoms with Gasteiger partial charge >= 0.3 is 50.1 Å². The standard InChI is InChI=1S/2C13H13ClF3NO3.Ca/c2*14-11-2-1-8(5-10(11)13(15,16)17)18-4-3-9(6-18)21-7-12(19)20;/h2*1-2,5,9H,3-4,6-7H2,(H,19,20);/q;;+2/p-2. The van der Waals surface area contributed by atoms with Crippen molar-refractivity contribution < 1.29 is 55.6 Å². The average Bonchev–Trinajstić information content (AvgIpc) is 3.56. The van der Waals surface area contributed by atoms with E-state index in [-0.39, 0.29) is 60.0 Å². The molecule has 0 saturated carbocycles. The van der Waals surface area contributed by atoms with Crippen LogP contribution < -0.4 is 20.0 Å². The third-order valence-corrected chi connectivity index (χ3v) is 7.06. The van der Waals surface area contributed by atoms with Crippen LogP contribution in [0.25, 0.3) is 0 Å². The summed E-state index contributed by atoms with van der Waals surface area (Å²) in [5.74, 6) is -2.64. The van der Waals surface area contributed by atoms with E-state index in [2.05, 4.69) is 0 Å². The summed E-state index contributed by atoms with van der Waals surface area (Å²) < 4.78 is 87.0. The smallest absolute Gasteiger partial charge is 0.548 e. The second-order valence-electron chi connectivity index (χ2n) is 9.40. The zero-order valence-corrected chi connectivity index (χ0v) is 26.1. The number of anilines is 2. The first-order valence-electron chi connectivity index (χ1n) is 12.4. The van der Waals surface area contributed by atoms with Crippen molar-refractivity contribution in [1.29, 1.82) is 0 Å². The normalized spacial score (nSPS) is 18.6. The van der Waals surface area contributed by atoms with Crippen LogP contribution in [-0.2, 0) is 31.4 Å². The van der Waals surface area contributed by atoms with Gasteiger partial charge in [0.15, 0.2) is 0 Å². The maximum absolute atomic E-state index is 12.8. The average molecular weight is 685 g/mol. The van der Waals surface area contributed by atoms with E-state index >= 15 is 0 Å². The van der Waals surface area contributed by atoms with Crippen molar-refractivity contribution in [2.75, 3.05) is 49.2 Å². The zero-order valence-electron chi connectivity index (χ0n) is 22.4. The summed E-state index contributed by atoms with van der Waals surface area (Å²) in [6.07, 6.45) is -8.63. The summed E-state index contributed by atoms with van der Waals surface area (Å²) in [5.41, 5.74) is -1.01. The molecule has 0 aromatic heterocycles. The van der Waals surface area contributed by atoms with E-state index in [0.717, 1.165) is 12.1 Å². The van der Waals surface area contributed by atoms with Crippen LogP contribution in [0, 0.1) is 0 Å². The minimum atomic E-state index is -4.52. The van der Waals surface area contributed by atoms with Gasteiger partial charge in [0.25, 0.3) is 0 Å². The third kappa shape index (κ3) is 11.3. The molecule has 0 spiro atoms. The Hall–Kier alpha value is -1.68. The quantitative estimate of drug-likeness (QED) is 0.309.